The highest BCUT2D eigenvalue weighted by molar-refractivity contribution is 7.16. The molecule has 1 aliphatic rings. The van der Waals surface area contributed by atoms with E-state index in [1.165, 1.54) is 4.88 Å². The van der Waals surface area contributed by atoms with E-state index < -0.39 is 0 Å². The number of thiophene rings is 1. The third-order valence-corrected chi connectivity index (χ3v) is 7.28. The highest BCUT2D eigenvalue weighted by Crippen LogP contribution is 2.40. The maximum Gasteiger partial charge on any atom is 0.255 e. The van der Waals surface area contributed by atoms with Gasteiger partial charge in [0.2, 0.25) is 0 Å². The number of rotatable bonds is 6. The number of halogens is 2. The van der Waals surface area contributed by atoms with Crippen molar-refractivity contribution in [2.24, 2.45) is 4.99 Å². The average molecular weight is 499 g/mol. The molecule has 168 valence electrons. The molecule has 1 aromatic carbocycles. The van der Waals surface area contributed by atoms with Crippen LogP contribution in [0.15, 0.2) is 62.6 Å². The number of carbonyl (C=O) groups excluding carboxylic acids is 1. The van der Waals surface area contributed by atoms with Crippen molar-refractivity contribution in [1.29, 1.82) is 0 Å². The number of aliphatic imine (C=N–C) groups is 1. The summed E-state index contributed by atoms with van der Waals surface area (Å²) in [4.78, 5) is 19.0. The lowest BCUT2D eigenvalue weighted by atomic mass is 9.95. The molecule has 1 aliphatic carbocycles. The molecule has 0 atom stereocenters. The Bertz CT molecular complexity index is 1320. The number of aryl methyl sites for hydroxylation is 1. The highest BCUT2D eigenvalue weighted by Gasteiger charge is 2.25. The SMILES string of the molecule is O=C(NCc1ccco1)c1c(N=Cc2ccc(-c3cc(Cl)ccc3Cl)o2)sc2c1CCCC2. The first kappa shape index (κ1) is 22.0. The van der Waals surface area contributed by atoms with Crippen LogP contribution in [-0.4, -0.2) is 12.1 Å². The summed E-state index contributed by atoms with van der Waals surface area (Å²) in [5.41, 5.74) is 2.48. The molecule has 1 amide bonds. The van der Waals surface area contributed by atoms with Crippen LogP contribution in [0.2, 0.25) is 10.0 Å². The van der Waals surface area contributed by atoms with Gasteiger partial charge in [-0.25, -0.2) is 4.99 Å². The first-order chi connectivity index (χ1) is 16.1. The maximum atomic E-state index is 13.1. The highest BCUT2D eigenvalue weighted by atomic mass is 35.5. The van der Waals surface area contributed by atoms with Gasteiger partial charge in [-0.1, -0.05) is 23.2 Å². The predicted molar refractivity (Wildman–Crippen MR) is 132 cm³/mol. The summed E-state index contributed by atoms with van der Waals surface area (Å²) >= 11 is 14.0. The van der Waals surface area contributed by atoms with Gasteiger partial charge in [-0.15, -0.1) is 11.3 Å². The third kappa shape index (κ3) is 4.78. The van der Waals surface area contributed by atoms with Crippen LogP contribution in [-0.2, 0) is 19.4 Å². The van der Waals surface area contributed by atoms with Gasteiger partial charge >= 0.3 is 0 Å². The van der Waals surface area contributed by atoms with Gasteiger partial charge in [0.25, 0.3) is 5.91 Å². The lowest BCUT2D eigenvalue weighted by Gasteiger charge is -2.12. The second-order valence-electron chi connectivity index (χ2n) is 7.74. The number of benzene rings is 1. The number of nitrogens with one attached hydrogen (secondary N) is 1. The molecule has 3 heterocycles. The van der Waals surface area contributed by atoms with E-state index in [0.29, 0.717) is 50.0 Å². The Morgan fingerprint density at radius 2 is 2.03 bits per heavy atom. The zero-order valence-corrected chi connectivity index (χ0v) is 19.9. The molecule has 33 heavy (non-hydrogen) atoms. The minimum absolute atomic E-state index is 0.135. The standard InChI is InChI=1S/C25H20Cl2N2O3S/c26-15-7-9-20(27)19(12-15)21-10-8-17(32-21)14-29-25-23(18-5-1-2-6-22(18)33-25)24(30)28-13-16-4-3-11-31-16/h3-4,7-12,14H,1-2,5-6,13H2,(H,28,30). The predicted octanol–water partition coefficient (Wildman–Crippen LogP) is 7.47. The molecule has 0 saturated carbocycles. The number of furan rings is 2. The fourth-order valence-corrected chi connectivity index (χ4v) is 5.53. The molecule has 0 bridgehead atoms. The van der Waals surface area contributed by atoms with Crippen molar-refractivity contribution in [2.45, 2.75) is 32.2 Å². The number of hydrogen-bond donors (Lipinski definition) is 1. The lowest BCUT2D eigenvalue weighted by molar-refractivity contribution is 0.0948. The summed E-state index contributed by atoms with van der Waals surface area (Å²) in [6.07, 6.45) is 7.31. The van der Waals surface area contributed by atoms with E-state index in [1.54, 1.807) is 48.1 Å². The van der Waals surface area contributed by atoms with Gasteiger partial charge in [0, 0.05) is 15.5 Å². The molecule has 1 N–H and O–H groups in total. The Labute approximate surface area is 205 Å². The Morgan fingerprint density at radius 1 is 1.15 bits per heavy atom. The van der Waals surface area contributed by atoms with Gasteiger partial charge in [0.1, 0.15) is 22.3 Å². The molecule has 4 aromatic rings. The van der Waals surface area contributed by atoms with Crippen LogP contribution in [0.25, 0.3) is 11.3 Å². The van der Waals surface area contributed by atoms with Crippen molar-refractivity contribution in [3.05, 3.63) is 86.3 Å². The largest absolute Gasteiger partial charge is 0.467 e. The first-order valence-corrected chi connectivity index (χ1v) is 12.2. The summed E-state index contributed by atoms with van der Waals surface area (Å²) in [5.74, 6) is 1.74. The van der Waals surface area contributed by atoms with E-state index in [-0.39, 0.29) is 5.91 Å². The zero-order chi connectivity index (χ0) is 22.8. The van der Waals surface area contributed by atoms with Crippen molar-refractivity contribution >= 4 is 51.7 Å². The third-order valence-electron chi connectivity index (χ3n) is 5.51. The van der Waals surface area contributed by atoms with Gasteiger partial charge < -0.3 is 14.2 Å². The van der Waals surface area contributed by atoms with Crippen molar-refractivity contribution in [3.8, 4) is 11.3 Å². The van der Waals surface area contributed by atoms with Crippen molar-refractivity contribution < 1.29 is 13.6 Å². The number of fused-ring (bicyclic) bond motifs is 1. The molecule has 0 aliphatic heterocycles. The topological polar surface area (TPSA) is 67.7 Å². The van der Waals surface area contributed by atoms with Crippen LogP contribution in [0.1, 0.15) is 45.2 Å². The van der Waals surface area contributed by atoms with Crippen molar-refractivity contribution in [2.75, 3.05) is 0 Å². The summed E-state index contributed by atoms with van der Waals surface area (Å²) in [6.45, 7) is 0.335. The fraction of sp³-hybridized carbons (Fsp3) is 0.200. The fourth-order valence-electron chi connectivity index (χ4n) is 3.92. The summed E-state index contributed by atoms with van der Waals surface area (Å²) < 4.78 is 11.3. The van der Waals surface area contributed by atoms with Crippen LogP contribution in [0.3, 0.4) is 0 Å². The molecule has 8 heteroatoms. The van der Waals surface area contributed by atoms with Crippen LogP contribution in [0.5, 0.6) is 0 Å². The summed E-state index contributed by atoms with van der Waals surface area (Å²) in [6, 6.07) is 12.5. The number of carbonyl (C=O) groups is 1. The Balaban J connectivity index is 1.41. The van der Waals surface area contributed by atoms with Gasteiger partial charge in [-0.05, 0) is 73.7 Å². The molecular formula is C25H20Cl2N2O3S. The average Bonchev–Trinajstić information content (AvgIpc) is 3.57. The Morgan fingerprint density at radius 3 is 2.88 bits per heavy atom. The van der Waals surface area contributed by atoms with Crippen LogP contribution < -0.4 is 5.32 Å². The van der Waals surface area contributed by atoms with E-state index in [0.717, 1.165) is 31.2 Å². The van der Waals surface area contributed by atoms with Crippen LogP contribution >= 0.6 is 34.5 Å². The molecular weight excluding hydrogens is 479 g/mol. The smallest absolute Gasteiger partial charge is 0.255 e. The normalized spacial score (nSPS) is 13.4. The molecule has 0 radical (unpaired) electrons. The number of amides is 1. The van der Waals surface area contributed by atoms with Crippen molar-refractivity contribution in [1.82, 2.24) is 5.32 Å². The molecule has 0 unspecified atom stereocenters. The Kier molecular flexibility index (Phi) is 6.40. The minimum atomic E-state index is -0.135. The maximum absolute atomic E-state index is 13.1. The van der Waals surface area contributed by atoms with Gasteiger partial charge in [0.05, 0.1) is 29.6 Å². The molecule has 0 fully saturated rings. The molecule has 0 saturated heterocycles. The molecule has 5 rings (SSSR count). The van der Waals surface area contributed by atoms with E-state index in [9.17, 15) is 4.79 Å². The van der Waals surface area contributed by atoms with Crippen LogP contribution in [0.4, 0.5) is 5.00 Å². The van der Waals surface area contributed by atoms with Crippen LogP contribution in [0, 0.1) is 0 Å². The van der Waals surface area contributed by atoms with E-state index >= 15 is 0 Å². The van der Waals surface area contributed by atoms with E-state index in [4.69, 9.17) is 32.0 Å². The second-order valence-corrected chi connectivity index (χ2v) is 9.66. The van der Waals surface area contributed by atoms with Crippen molar-refractivity contribution in [3.63, 3.8) is 0 Å². The second kappa shape index (κ2) is 9.59. The molecule has 0 spiro atoms. The Hall–Kier alpha value is -2.80. The minimum Gasteiger partial charge on any atom is -0.467 e. The van der Waals surface area contributed by atoms with E-state index in [1.807, 2.05) is 18.2 Å². The quantitative estimate of drug-likeness (QED) is 0.280. The monoisotopic (exact) mass is 498 g/mol. The number of hydrogen-bond acceptors (Lipinski definition) is 5. The lowest BCUT2D eigenvalue weighted by Crippen LogP contribution is -2.23. The first-order valence-electron chi connectivity index (χ1n) is 10.6. The zero-order valence-electron chi connectivity index (χ0n) is 17.6. The summed E-state index contributed by atoms with van der Waals surface area (Å²) in [5, 5.41) is 4.79. The molecule has 3 aromatic heterocycles. The van der Waals surface area contributed by atoms with Gasteiger partial charge in [-0.2, -0.15) is 0 Å². The summed E-state index contributed by atoms with van der Waals surface area (Å²) in [7, 11) is 0. The van der Waals surface area contributed by atoms with Gasteiger partial charge in [0.15, 0.2) is 0 Å². The van der Waals surface area contributed by atoms with Gasteiger partial charge in [-0.3, -0.25) is 4.79 Å². The number of nitrogens with zero attached hydrogens (tertiary/aromatic N) is 1. The molecule has 5 nitrogen and oxygen atoms in total. The van der Waals surface area contributed by atoms with E-state index in [2.05, 4.69) is 10.3 Å².